The van der Waals surface area contributed by atoms with E-state index in [1.54, 1.807) is 12.1 Å². The summed E-state index contributed by atoms with van der Waals surface area (Å²) >= 11 is 6.13. The predicted octanol–water partition coefficient (Wildman–Crippen LogP) is 3.84. The van der Waals surface area contributed by atoms with Crippen molar-refractivity contribution < 1.29 is 8.78 Å². The van der Waals surface area contributed by atoms with Gasteiger partial charge in [-0.2, -0.15) is 8.78 Å². The van der Waals surface area contributed by atoms with Crippen LogP contribution in [-0.4, -0.2) is 12.3 Å². The highest BCUT2D eigenvalue weighted by molar-refractivity contribution is 7.99. The monoisotopic (exact) mass is 263 g/mol. The van der Waals surface area contributed by atoms with Crippen LogP contribution >= 0.6 is 23.4 Å². The van der Waals surface area contributed by atoms with Crippen LogP contribution in [0.5, 0.6) is 0 Å². The van der Waals surface area contributed by atoms with E-state index in [-0.39, 0.29) is 0 Å². The maximum absolute atomic E-state index is 12.0. The van der Waals surface area contributed by atoms with Crippen molar-refractivity contribution in [1.29, 1.82) is 0 Å². The summed E-state index contributed by atoms with van der Waals surface area (Å²) in [4.78, 5) is 0.570. The number of rotatable bonds is 6. The lowest BCUT2D eigenvalue weighted by Crippen LogP contribution is -2.14. The Morgan fingerprint density at radius 3 is 2.50 bits per heavy atom. The van der Waals surface area contributed by atoms with Gasteiger partial charge < -0.3 is 5.32 Å². The number of thioether (sulfide) groups is 1. The molecule has 0 atom stereocenters. The molecule has 0 amide bonds. The fraction of sp³-hybridized carbons (Fsp3) is 0.273. The zero-order valence-corrected chi connectivity index (χ0v) is 10.1. The molecule has 1 aromatic rings. The Kier molecular flexibility index (Phi) is 5.80. The molecule has 1 rings (SSSR count). The van der Waals surface area contributed by atoms with Gasteiger partial charge in [-0.15, -0.1) is 0 Å². The lowest BCUT2D eigenvalue weighted by Gasteiger charge is -2.05. The first kappa shape index (κ1) is 13.5. The quantitative estimate of drug-likeness (QED) is 0.783. The number of benzene rings is 1. The van der Waals surface area contributed by atoms with Gasteiger partial charge in [0, 0.05) is 23.0 Å². The van der Waals surface area contributed by atoms with Crippen molar-refractivity contribution in [2.75, 3.05) is 6.54 Å². The molecule has 0 fully saturated rings. The van der Waals surface area contributed by atoms with Crippen molar-refractivity contribution in [3.05, 3.63) is 41.4 Å². The van der Waals surface area contributed by atoms with Crippen LogP contribution in [0.3, 0.4) is 0 Å². The van der Waals surface area contributed by atoms with Crippen LogP contribution in [0.1, 0.15) is 5.56 Å². The molecule has 1 aromatic carbocycles. The van der Waals surface area contributed by atoms with E-state index in [0.29, 0.717) is 34.8 Å². The van der Waals surface area contributed by atoms with Crippen molar-refractivity contribution in [3.8, 4) is 0 Å². The molecule has 0 heterocycles. The molecule has 0 saturated carbocycles. The first-order valence-corrected chi connectivity index (χ1v) is 5.91. The maximum atomic E-state index is 12.0. The van der Waals surface area contributed by atoms with Gasteiger partial charge in [-0.05, 0) is 17.7 Å². The van der Waals surface area contributed by atoms with Gasteiger partial charge >= 0.3 is 0 Å². The molecule has 0 aliphatic rings. The minimum Gasteiger partial charge on any atom is -0.308 e. The third-order valence-electron chi connectivity index (χ3n) is 1.79. The summed E-state index contributed by atoms with van der Waals surface area (Å²) in [5, 5.41) is 3.62. The predicted molar refractivity (Wildman–Crippen MR) is 65.0 cm³/mol. The van der Waals surface area contributed by atoms with Gasteiger partial charge in [0.1, 0.15) is 0 Å². The second kappa shape index (κ2) is 6.89. The molecule has 0 spiro atoms. The highest BCUT2D eigenvalue weighted by Gasteiger charge is 2.04. The van der Waals surface area contributed by atoms with E-state index in [2.05, 4.69) is 11.9 Å². The van der Waals surface area contributed by atoms with Gasteiger partial charge in [0.15, 0.2) is 0 Å². The lowest BCUT2D eigenvalue weighted by molar-refractivity contribution is 0.252. The molecule has 0 radical (unpaired) electrons. The van der Waals surface area contributed by atoms with Crippen LogP contribution in [0.4, 0.5) is 8.78 Å². The fourth-order valence-corrected chi connectivity index (χ4v) is 1.72. The smallest absolute Gasteiger partial charge is 0.288 e. The summed E-state index contributed by atoms with van der Waals surface area (Å²) in [6, 6.07) is 7.00. The molecular weight excluding hydrogens is 252 g/mol. The second-order valence-electron chi connectivity index (χ2n) is 3.14. The summed E-state index contributed by atoms with van der Waals surface area (Å²) in [6.07, 6.45) is 0. The van der Waals surface area contributed by atoms with E-state index in [1.165, 1.54) is 0 Å². The average Bonchev–Trinajstić information content (AvgIpc) is 2.19. The van der Waals surface area contributed by atoms with Gasteiger partial charge in [-0.3, -0.25) is 0 Å². The van der Waals surface area contributed by atoms with Crippen molar-refractivity contribution in [2.45, 2.75) is 17.2 Å². The zero-order valence-electron chi connectivity index (χ0n) is 8.55. The zero-order chi connectivity index (χ0) is 12.0. The van der Waals surface area contributed by atoms with E-state index in [9.17, 15) is 8.78 Å². The van der Waals surface area contributed by atoms with E-state index in [0.717, 1.165) is 5.56 Å². The van der Waals surface area contributed by atoms with Gasteiger partial charge in [-0.25, -0.2) is 0 Å². The first-order chi connectivity index (χ1) is 7.58. The van der Waals surface area contributed by atoms with Crippen LogP contribution < -0.4 is 5.32 Å². The SMILES string of the molecule is C=C(Cl)CNCc1ccc(SC(F)F)cc1. The Balaban J connectivity index is 2.42. The number of hydrogen-bond acceptors (Lipinski definition) is 2. The van der Waals surface area contributed by atoms with Crippen molar-refractivity contribution >= 4 is 23.4 Å². The Bertz CT molecular complexity index is 340. The summed E-state index contributed by atoms with van der Waals surface area (Å²) in [7, 11) is 0. The van der Waals surface area contributed by atoms with Gasteiger partial charge in [0.2, 0.25) is 0 Å². The second-order valence-corrected chi connectivity index (χ2v) is 4.74. The largest absolute Gasteiger partial charge is 0.308 e. The van der Waals surface area contributed by atoms with Gasteiger partial charge in [0.05, 0.1) is 0 Å². The third-order valence-corrected chi connectivity index (χ3v) is 2.65. The Hall–Kier alpha value is -0.580. The highest BCUT2D eigenvalue weighted by atomic mass is 35.5. The normalized spacial score (nSPS) is 10.8. The van der Waals surface area contributed by atoms with Crippen LogP contribution in [0.25, 0.3) is 0 Å². The van der Waals surface area contributed by atoms with Crippen LogP contribution in [0.2, 0.25) is 0 Å². The first-order valence-electron chi connectivity index (χ1n) is 4.65. The van der Waals surface area contributed by atoms with Gasteiger partial charge in [0.25, 0.3) is 5.76 Å². The Morgan fingerprint density at radius 1 is 1.38 bits per heavy atom. The van der Waals surface area contributed by atoms with E-state index < -0.39 is 5.76 Å². The molecule has 0 saturated heterocycles. The number of nitrogens with one attached hydrogen (secondary N) is 1. The standard InChI is InChI=1S/C11H12ClF2NS/c1-8(12)6-15-7-9-2-4-10(5-3-9)16-11(13)14/h2-5,11,15H,1,6-7H2. The Morgan fingerprint density at radius 2 is 2.00 bits per heavy atom. The van der Waals surface area contributed by atoms with E-state index in [1.807, 2.05) is 12.1 Å². The highest BCUT2D eigenvalue weighted by Crippen LogP contribution is 2.24. The fourth-order valence-electron chi connectivity index (χ4n) is 1.13. The molecule has 0 bridgehead atoms. The molecule has 1 nitrogen and oxygen atoms in total. The number of halogens is 3. The molecule has 88 valence electrons. The van der Waals surface area contributed by atoms with Crippen LogP contribution in [-0.2, 0) is 6.54 Å². The minimum atomic E-state index is -2.37. The van der Waals surface area contributed by atoms with Gasteiger partial charge in [-0.1, -0.05) is 42.1 Å². The summed E-state index contributed by atoms with van der Waals surface area (Å²) in [5.41, 5.74) is 1.02. The molecule has 0 aromatic heterocycles. The maximum Gasteiger partial charge on any atom is 0.288 e. The van der Waals surface area contributed by atoms with Crippen molar-refractivity contribution in [3.63, 3.8) is 0 Å². The van der Waals surface area contributed by atoms with Crippen molar-refractivity contribution in [2.24, 2.45) is 0 Å². The molecular formula is C11H12ClF2NS. The molecule has 0 unspecified atom stereocenters. The number of alkyl halides is 2. The molecule has 0 aliphatic carbocycles. The minimum absolute atomic E-state index is 0.537. The van der Waals surface area contributed by atoms with E-state index in [4.69, 9.17) is 11.6 Å². The lowest BCUT2D eigenvalue weighted by atomic mass is 10.2. The molecule has 16 heavy (non-hydrogen) atoms. The van der Waals surface area contributed by atoms with Crippen LogP contribution in [0.15, 0.2) is 40.8 Å². The van der Waals surface area contributed by atoms with Crippen LogP contribution in [0, 0.1) is 0 Å². The molecule has 0 aliphatic heterocycles. The summed E-state index contributed by atoms with van der Waals surface area (Å²) in [6.45, 7) is 4.73. The van der Waals surface area contributed by atoms with E-state index >= 15 is 0 Å². The molecule has 5 heteroatoms. The number of hydrogen-bond donors (Lipinski definition) is 1. The third kappa shape index (κ3) is 5.49. The Labute approximate surface area is 103 Å². The topological polar surface area (TPSA) is 12.0 Å². The molecule has 1 N–H and O–H groups in total. The summed E-state index contributed by atoms with van der Waals surface area (Å²) < 4.78 is 24.1. The average molecular weight is 264 g/mol. The summed E-state index contributed by atoms with van der Waals surface area (Å²) in [5.74, 6) is -2.37. The van der Waals surface area contributed by atoms with Crippen molar-refractivity contribution in [1.82, 2.24) is 5.32 Å².